The highest BCUT2D eigenvalue weighted by Crippen LogP contribution is 2.31. The van der Waals surface area contributed by atoms with Crippen molar-refractivity contribution in [2.24, 2.45) is 0 Å². The van der Waals surface area contributed by atoms with Crippen LogP contribution in [-0.4, -0.2) is 5.11 Å². The van der Waals surface area contributed by atoms with Gasteiger partial charge >= 0.3 is 0 Å². The molecule has 1 N–H and O–H groups in total. The van der Waals surface area contributed by atoms with Crippen molar-refractivity contribution < 1.29 is 13.9 Å². The fraction of sp³-hybridized carbons (Fsp3) is 0.0588. The van der Waals surface area contributed by atoms with Gasteiger partial charge in [0.2, 0.25) is 0 Å². The predicted molar refractivity (Wildman–Crippen MR) is 82.1 cm³/mol. The van der Waals surface area contributed by atoms with Gasteiger partial charge in [-0.15, -0.1) is 0 Å². The monoisotopic (exact) mass is 348 g/mol. The summed E-state index contributed by atoms with van der Waals surface area (Å²) in [5.74, 6) is -0.725. The third-order valence-electron chi connectivity index (χ3n) is 3.46. The molecule has 4 heteroatoms. The minimum Gasteiger partial charge on any atom is -0.384 e. The molecule has 0 aliphatic heterocycles. The number of benzene rings is 3. The maximum Gasteiger partial charge on any atom is 0.137 e. The Hall–Kier alpha value is -1.78. The van der Waals surface area contributed by atoms with Crippen LogP contribution in [0.5, 0.6) is 0 Å². The van der Waals surface area contributed by atoms with E-state index < -0.39 is 11.9 Å². The fourth-order valence-corrected chi connectivity index (χ4v) is 2.78. The molecule has 3 rings (SSSR count). The molecule has 3 aromatic rings. The lowest BCUT2D eigenvalue weighted by atomic mass is 9.95. The Morgan fingerprint density at radius 3 is 2.24 bits per heavy atom. The number of aliphatic hydroxyl groups excluding tert-OH is 1. The second-order valence-corrected chi connectivity index (χ2v) is 5.61. The van der Waals surface area contributed by atoms with Crippen LogP contribution in [0.3, 0.4) is 0 Å². The van der Waals surface area contributed by atoms with Gasteiger partial charge in [0, 0.05) is 5.39 Å². The summed E-state index contributed by atoms with van der Waals surface area (Å²) in [6.07, 6.45) is -0.951. The molecule has 0 spiro atoms. The predicted octanol–water partition coefficient (Wildman–Crippen LogP) is 4.96. The summed E-state index contributed by atoms with van der Waals surface area (Å²) in [6.45, 7) is 0. The Bertz CT molecular complexity index is 817. The lowest BCUT2D eigenvalue weighted by molar-refractivity contribution is 0.221. The van der Waals surface area contributed by atoms with Crippen LogP contribution >= 0.6 is 15.9 Å². The summed E-state index contributed by atoms with van der Waals surface area (Å²) in [6, 6.07) is 14.2. The zero-order valence-electron chi connectivity index (χ0n) is 10.9. The average molecular weight is 349 g/mol. The number of fused-ring (bicyclic) bond motifs is 1. The van der Waals surface area contributed by atoms with Gasteiger partial charge in [-0.25, -0.2) is 8.78 Å². The van der Waals surface area contributed by atoms with E-state index in [0.717, 1.165) is 0 Å². The van der Waals surface area contributed by atoms with Crippen LogP contribution in [0.4, 0.5) is 8.78 Å². The highest BCUT2D eigenvalue weighted by molar-refractivity contribution is 9.10. The van der Waals surface area contributed by atoms with E-state index in [9.17, 15) is 13.9 Å². The highest BCUT2D eigenvalue weighted by atomic mass is 79.9. The van der Waals surface area contributed by atoms with Gasteiger partial charge in [0.05, 0.1) is 4.47 Å². The van der Waals surface area contributed by atoms with Gasteiger partial charge in [-0.3, -0.25) is 0 Å². The van der Waals surface area contributed by atoms with Crippen molar-refractivity contribution in [2.75, 3.05) is 0 Å². The maximum atomic E-state index is 13.8. The zero-order valence-corrected chi connectivity index (χ0v) is 12.4. The number of rotatable bonds is 2. The van der Waals surface area contributed by atoms with Gasteiger partial charge in [0.15, 0.2) is 0 Å². The molecule has 0 radical (unpaired) electrons. The second-order valence-electron chi connectivity index (χ2n) is 4.76. The standard InChI is InChI=1S/C17H11BrF2O/c18-14-9-10(5-7-16(14)20)17(21)13-6-8-15(19)12-4-2-1-3-11(12)13/h1-9,17,21H. The van der Waals surface area contributed by atoms with Crippen molar-refractivity contribution in [2.45, 2.75) is 6.10 Å². The number of aliphatic hydroxyl groups is 1. The molecule has 1 atom stereocenters. The van der Waals surface area contributed by atoms with Crippen LogP contribution in [-0.2, 0) is 0 Å². The molecule has 0 heterocycles. The summed E-state index contributed by atoms with van der Waals surface area (Å²) in [5.41, 5.74) is 1.13. The lowest BCUT2D eigenvalue weighted by Crippen LogP contribution is -2.01. The van der Waals surface area contributed by atoms with Gasteiger partial charge in [-0.05, 0) is 50.6 Å². The number of hydrogen-bond donors (Lipinski definition) is 1. The highest BCUT2D eigenvalue weighted by Gasteiger charge is 2.16. The van der Waals surface area contributed by atoms with Crippen LogP contribution in [0.1, 0.15) is 17.2 Å². The first-order valence-corrected chi connectivity index (χ1v) is 7.17. The van der Waals surface area contributed by atoms with Gasteiger partial charge in [0.25, 0.3) is 0 Å². The molecule has 0 aromatic heterocycles. The van der Waals surface area contributed by atoms with Crippen molar-refractivity contribution in [3.05, 3.63) is 81.8 Å². The summed E-state index contributed by atoms with van der Waals surface area (Å²) in [4.78, 5) is 0. The maximum absolute atomic E-state index is 13.8. The van der Waals surface area contributed by atoms with E-state index in [-0.39, 0.29) is 10.3 Å². The molecule has 0 bridgehead atoms. The zero-order chi connectivity index (χ0) is 15.0. The number of halogens is 3. The van der Waals surface area contributed by atoms with Crippen LogP contribution in [0.25, 0.3) is 10.8 Å². The Balaban J connectivity index is 2.15. The topological polar surface area (TPSA) is 20.2 Å². The van der Waals surface area contributed by atoms with Crippen molar-refractivity contribution in [3.8, 4) is 0 Å². The van der Waals surface area contributed by atoms with E-state index in [0.29, 0.717) is 21.9 Å². The van der Waals surface area contributed by atoms with E-state index in [4.69, 9.17) is 0 Å². The Morgan fingerprint density at radius 2 is 1.52 bits per heavy atom. The van der Waals surface area contributed by atoms with Crippen molar-refractivity contribution in [3.63, 3.8) is 0 Å². The second kappa shape index (κ2) is 5.54. The SMILES string of the molecule is OC(c1ccc(F)c(Br)c1)c1ccc(F)c2ccccc12. The minimum atomic E-state index is -0.951. The van der Waals surface area contributed by atoms with E-state index in [2.05, 4.69) is 15.9 Å². The minimum absolute atomic E-state index is 0.283. The van der Waals surface area contributed by atoms with E-state index in [1.807, 2.05) is 0 Å². The molecule has 1 nitrogen and oxygen atoms in total. The van der Waals surface area contributed by atoms with E-state index in [1.54, 1.807) is 30.3 Å². The van der Waals surface area contributed by atoms with Gasteiger partial charge in [0.1, 0.15) is 17.7 Å². The Kier molecular flexibility index (Phi) is 3.74. The third kappa shape index (κ3) is 2.57. The molecule has 106 valence electrons. The lowest BCUT2D eigenvalue weighted by Gasteiger charge is -2.15. The van der Waals surface area contributed by atoms with Gasteiger partial charge in [-0.2, -0.15) is 0 Å². The Labute approximate surface area is 129 Å². The number of hydrogen-bond acceptors (Lipinski definition) is 1. The molecule has 0 aliphatic carbocycles. The van der Waals surface area contributed by atoms with Crippen LogP contribution in [0, 0.1) is 11.6 Å². The summed E-state index contributed by atoms with van der Waals surface area (Å²) in [5, 5.41) is 11.6. The molecule has 0 fully saturated rings. The smallest absolute Gasteiger partial charge is 0.137 e. The van der Waals surface area contributed by atoms with Crippen molar-refractivity contribution in [1.82, 2.24) is 0 Å². The fourth-order valence-electron chi connectivity index (χ4n) is 2.39. The first kappa shape index (κ1) is 14.2. The van der Waals surface area contributed by atoms with E-state index in [1.165, 1.54) is 24.3 Å². The van der Waals surface area contributed by atoms with Crippen LogP contribution in [0.15, 0.2) is 59.1 Å². The van der Waals surface area contributed by atoms with E-state index >= 15 is 0 Å². The molecule has 1 unspecified atom stereocenters. The summed E-state index contributed by atoms with van der Waals surface area (Å²) in [7, 11) is 0. The van der Waals surface area contributed by atoms with Gasteiger partial charge < -0.3 is 5.11 Å². The normalized spacial score (nSPS) is 12.6. The molecule has 3 aromatic carbocycles. The van der Waals surface area contributed by atoms with Gasteiger partial charge in [-0.1, -0.05) is 36.4 Å². The first-order chi connectivity index (χ1) is 10.1. The molecule has 0 amide bonds. The van der Waals surface area contributed by atoms with Crippen molar-refractivity contribution in [1.29, 1.82) is 0 Å². The summed E-state index contributed by atoms with van der Waals surface area (Å²) < 4.78 is 27.4. The van der Waals surface area contributed by atoms with Crippen LogP contribution in [0.2, 0.25) is 0 Å². The van der Waals surface area contributed by atoms with Crippen LogP contribution < -0.4 is 0 Å². The quantitative estimate of drug-likeness (QED) is 0.693. The van der Waals surface area contributed by atoms with Crippen molar-refractivity contribution >= 4 is 26.7 Å². The summed E-state index contributed by atoms with van der Waals surface area (Å²) >= 11 is 3.10. The molecule has 0 aliphatic rings. The molecular formula is C17H11BrF2O. The first-order valence-electron chi connectivity index (χ1n) is 6.38. The molecular weight excluding hydrogens is 338 g/mol. The molecule has 0 saturated heterocycles. The largest absolute Gasteiger partial charge is 0.384 e. The molecule has 21 heavy (non-hydrogen) atoms. The third-order valence-corrected chi connectivity index (χ3v) is 4.07. The molecule has 0 saturated carbocycles. The Morgan fingerprint density at radius 1 is 0.857 bits per heavy atom. The average Bonchev–Trinajstić information content (AvgIpc) is 2.50.